The fourth-order valence-corrected chi connectivity index (χ4v) is 2.19. The van der Waals surface area contributed by atoms with Gasteiger partial charge in [-0.05, 0) is 10.8 Å². The number of hydrogen-bond donors (Lipinski definition) is 1. The minimum Gasteiger partial charge on any atom is -0.352 e. The molecule has 1 aromatic rings. The third-order valence-electron chi connectivity index (χ3n) is 4.12. The Bertz CT molecular complexity index is 335. The molecule has 0 saturated heterocycles. The summed E-state index contributed by atoms with van der Waals surface area (Å²) in [6.45, 7) is 9.20. The summed E-state index contributed by atoms with van der Waals surface area (Å²) >= 11 is 0. The van der Waals surface area contributed by atoms with Gasteiger partial charge in [0, 0.05) is 25.5 Å². The van der Waals surface area contributed by atoms with Crippen LogP contribution in [0.25, 0.3) is 0 Å². The highest BCUT2D eigenvalue weighted by molar-refractivity contribution is 5.36. The van der Waals surface area contributed by atoms with Gasteiger partial charge in [0.25, 0.3) is 0 Å². The van der Waals surface area contributed by atoms with Crippen LogP contribution in [0.1, 0.15) is 27.7 Å². The third-order valence-corrected chi connectivity index (χ3v) is 4.12. The summed E-state index contributed by atoms with van der Waals surface area (Å²) in [5, 5.41) is 3.50. The van der Waals surface area contributed by atoms with Crippen LogP contribution in [0.3, 0.4) is 0 Å². The first-order chi connectivity index (χ1) is 6.37. The van der Waals surface area contributed by atoms with Crippen molar-refractivity contribution in [3.8, 4) is 0 Å². The third kappa shape index (κ3) is 1.08. The van der Waals surface area contributed by atoms with Crippen LogP contribution in [0.4, 0.5) is 5.95 Å². The van der Waals surface area contributed by atoms with Gasteiger partial charge in [-0.2, -0.15) is 0 Å². The molecule has 1 aliphatic carbocycles. The van der Waals surface area contributed by atoms with E-state index in [4.69, 9.17) is 0 Å². The Balaban J connectivity index is 2.13. The number of aromatic nitrogens is 2. The van der Waals surface area contributed by atoms with E-state index in [-0.39, 0.29) is 0 Å². The van der Waals surface area contributed by atoms with Crippen LogP contribution in [0.5, 0.6) is 0 Å². The van der Waals surface area contributed by atoms with E-state index in [1.54, 1.807) is 0 Å². The maximum atomic E-state index is 4.28. The van der Waals surface area contributed by atoms with Crippen molar-refractivity contribution in [1.82, 2.24) is 9.55 Å². The number of nitrogens with one attached hydrogen (secondary N) is 1. The van der Waals surface area contributed by atoms with Crippen LogP contribution < -0.4 is 5.32 Å². The molecule has 78 valence electrons. The van der Waals surface area contributed by atoms with Crippen LogP contribution in [-0.4, -0.2) is 15.6 Å². The molecule has 1 aromatic heterocycles. The lowest BCUT2D eigenvalue weighted by Gasteiger charge is -2.07. The number of aryl methyl sites for hydroxylation is 1. The monoisotopic (exact) mass is 193 g/mol. The molecule has 0 aliphatic heterocycles. The lowest BCUT2D eigenvalue weighted by molar-refractivity contribution is 0.457. The number of imidazole rings is 1. The standard InChI is InChI=1S/C11H19N3/c1-10(2)8(11(10,3)4)13-9-12-6-7-14(9)5/h6-8H,1-5H3,(H,12,13). The average Bonchev–Trinajstić information content (AvgIpc) is 2.46. The highest BCUT2D eigenvalue weighted by Crippen LogP contribution is 2.63. The van der Waals surface area contributed by atoms with Crippen LogP contribution in [0.2, 0.25) is 0 Å². The van der Waals surface area contributed by atoms with Crippen LogP contribution in [-0.2, 0) is 7.05 Å². The second-order valence-corrected chi connectivity index (χ2v) is 5.38. The quantitative estimate of drug-likeness (QED) is 0.781. The maximum Gasteiger partial charge on any atom is 0.202 e. The van der Waals surface area contributed by atoms with Gasteiger partial charge in [-0.1, -0.05) is 27.7 Å². The molecule has 0 bridgehead atoms. The molecular weight excluding hydrogens is 174 g/mol. The van der Waals surface area contributed by atoms with Crippen LogP contribution in [0, 0.1) is 10.8 Å². The predicted molar refractivity (Wildman–Crippen MR) is 58.2 cm³/mol. The molecule has 1 heterocycles. The van der Waals surface area contributed by atoms with Gasteiger partial charge in [0.15, 0.2) is 0 Å². The molecule has 0 amide bonds. The van der Waals surface area contributed by atoms with Crippen molar-refractivity contribution in [2.24, 2.45) is 17.9 Å². The number of hydrogen-bond acceptors (Lipinski definition) is 2. The largest absolute Gasteiger partial charge is 0.352 e. The van der Waals surface area contributed by atoms with Crippen molar-refractivity contribution in [1.29, 1.82) is 0 Å². The zero-order valence-electron chi connectivity index (χ0n) is 9.63. The zero-order valence-corrected chi connectivity index (χ0v) is 9.63. The second kappa shape index (κ2) is 2.53. The SMILES string of the molecule is Cn1ccnc1NC1C(C)(C)C1(C)C. The smallest absolute Gasteiger partial charge is 0.202 e. The molecule has 1 saturated carbocycles. The Labute approximate surface area is 85.5 Å². The number of nitrogens with zero attached hydrogens (tertiary/aromatic N) is 2. The Hall–Kier alpha value is -0.990. The van der Waals surface area contributed by atoms with Gasteiger partial charge in [0.1, 0.15) is 0 Å². The lowest BCUT2D eigenvalue weighted by atomic mass is 10.0. The maximum absolute atomic E-state index is 4.28. The van der Waals surface area contributed by atoms with Gasteiger partial charge in [-0.25, -0.2) is 4.98 Å². The zero-order chi connectivity index (χ0) is 10.6. The molecule has 0 unspecified atom stereocenters. The molecule has 2 rings (SSSR count). The van der Waals surface area contributed by atoms with Crippen molar-refractivity contribution in [3.63, 3.8) is 0 Å². The molecule has 14 heavy (non-hydrogen) atoms. The fourth-order valence-electron chi connectivity index (χ4n) is 2.19. The topological polar surface area (TPSA) is 29.9 Å². The fraction of sp³-hybridized carbons (Fsp3) is 0.727. The molecule has 1 N–H and O–H groups in total. The first-order valence-electron chi connectivity index (χ1n) is 5.11. The van der Waals surface area contributed by atoms with E-state index in [0.29, 0.717) is 16.9 Å². The van der Waals surface area contributed by atoms with Crippen molar-refractivity contribution in [2.45, 2.75) is 33.7 Å². The first kappa shape index (κ1) is 9.56. The van der Waals surface area contributed by atoms with E-state index in [1.165, 1.54) is 0 Å². The summed E-state index contributed by atoms with van der Waals surface area (Å²) in [7, 11) is 2.01. The molecule has 3 nitrogen and oxygen atoms in total. The van der Waals surface area contributed by atoms with E-state index in [1.807, 2.05) is 24.0 Å². The van der Waals surface area contributed by atoms with Gasteiger partial charge in [-0.3, -0.25) is 0 Å². The minimum atomic E-state index is 0.360. The summed E-state index contributed by atoms with van der Waals surface area (Å²) in [6, 6.07) is 0.524. The number of rotatable bonds is 2. The van der Waals surface area contributed by atoms with Crippen molar-refractivity contribution >= 4 is 5.95 Å². The summed E-state index contributed by atoms with van der Waals surface area (Å²) in [4.78, 5) is 4.28. The van der Waals surface area contributed by atoms with Gasteiger partial charge >= 0.3 is 0 Å². The van der Waals surface area contributed by atoms with Gasteiger partial charge in [0.05, 0.1) is 0 Å². The molecule has 3 heteroatoms. The normalized spacial score (nSPS) is 23.5. The van der Waals surface area contributed by atoms with Gasteiger partial charge < -0.3 is 9.88 Å². The Kier molecular flexibility index (Phi) is 1.72. The molecule has 0 spiro atoms. The molecule has 1 fully saturated rings. The van der Waals surface area contributed by atoms with Crippen molar-refractivity contribution in [2.75, 3.05) is 5.32 Å². The molecule has 0 radical (unpaired) electrons. The van der Waals surface area contributed by atoms with Gasteiger partial charge in [0.2, 0.25) is 5.95 Å². The average molecular weight is 193 g/mol. The first-order valence-corrected chi connectivity index (χ1v) is 5.11. The van der Waals surface area contributed by atoms with Crippen molar-refractivity contribution in [3.05, 3.63) is 12.4 Å². The van der Waals surface area contributed by atoms with E-state index < -0.39 is 0 Å². The predicted octanol–water partition coefficient (Wildman–Crippen LogP) is 2.27. The Morgan fingerprint density at radius 2 is 1.86 bits per heavy atom. The summed E-state index contributed by atoms with van der Waals surface area (Å²) in [5.74, 6) is 0.966. The summed E-state index contributed by atoms with van der Waals surface area (Å²) in [6.07, 6.45) is 3.79. The van der Waals surface area contributed by atoms with E-state index in [2.05, 4.69) is 38.0 Å². The van der Waals surface area contributed by atoms with E-state index >= 15 is 0 Å². The van der Waals surface area contributed by atoms with E-state index in [9.17, 15) is 0 Å². The summed E-state index contributed by atoms with van der Waals surface area (Å²) < 4.78 is 2.02. The van der Waals surface area contributed by atoms with E-state index in [0.717, 1.165) is 5.95 Å². The number of anilines is 1. The molecule has 1 aliphatic rings. The Morgan fingerprint density at radius 1 is 1.29 bits per heavy atom. The molecule has 0 atom stereocenters. The summed E-state index contributed by atoms with van der Waals surface area (Å²) in [5.41, 5.74) is 0.720. The van der Waals surface area contributed by atoms with Crippen LogP contribution >= 0.6 is 0 Å². The van der Waals surface area contributed by atoms with Crippen LogP contribution in [0.15, 0.2) is 12.4 Å². The highest BCUT2D eigenvalue weighted by Gasteiger charge is 2.65. The molecule has 0 aromatic carbocycles. The lowest BCUT2D eigenvalue weighted by Crippen LogP contribution is -2.13. The minimum absolute atomic E-state index is 0.360. The second-order valence-electron chi connectivity index (χ2n) is 5.38. The van der Waals surface area contributed by atoms with Crippen molar-refractivity contribution < 1.29 is 0 Å². The highest BCUT2D eigenvalue weighted by atomic mass is 15.2. The Morgan fingerprint density at radius 3 is 2.21 bits per heavy atom. The molecular formula is C11H19N3. The van der Waals surface area contributed by atoms with Gasteiger partial charge in [-0.15, -0.1) is 0 Å².